The second kappa shape index (κ2) is 4.55. The number of rotatable bonds is 3. The molecule has 0 atom stereocenters. The van der Waals surface area contributed by atoms with Crippen LogP contribution >= 0.6 is 0 Å². The van der Waals surface area contributed by atoms with Gasteiger partial charge in [0.1, 0.15) is 0 Å². The molecule has 0 aliphatic rings. The van der Waals surface area contributed by atoms with Gasteiger partial charge in [-0.1, -0.05) is 6.92 Å². The van der Waals surface area contributed by atoms with E-state index in [1.807, 2.05) is 6.92 Å². The smallest absolute Gasteiger partial charge is 0.295 e. The first-order valence-corrected chi connectivity index (χ1v) is 4.39. The van der Waals surface area contributed by atoms with E-state index in [9.17, 15) is 9.59 Å². The third-order valence-electron chi connectivity index (χ3n) is 1.68. The Kier molecular flexibility index (Phi) is 3.39. The number of oxazole rings is 1. The van der Waals surface area contributed by atoms with E-state index in [0.717, 1.165) is 0 Å². The fourth-order valence-corrected chi connectivity index (χ4v) is 0.993. The number of imide groups is 1. The SMILES string of the molecule is CCCC(=O)NC(=O)c1ocnc1C. The summed E-state index contributed by atoms with van der Waals surface area (Å²) in [6.45, 7) is 3.51. The Balaban J connectivity index is 2.59. The number of amides is 2. The molecular weight excluding hydrogens is 184 g/mol. The van der Waals surface area contributed by atoms with Crippen LogP contribution in [0, 0.1) is 6.92 Å². The Bertz CT molecular complexity index is 344. The van der Waals surface area contributed by atoms with Crippen molar-refractivity contribution in [1.82, 2.24) is 10.3 Å². The largest absolute Gasteiger partial charge is 0.438 e. The maximum Gasteiger partial charge on any atom is 0.295 e. The van der Waals surface area contributed by atoms with Crippen molar-refractivity contribution in [3.05, 3.63) is 17.8 Å². The lowest BCUT2D eigenvalue weighted by Crippen LogP contribution is -2.30. The van der Waals surface area contributed by atoms with Crippen LogP contribution in [-0.4, -0.2) is 16.8 Å². The Morgan fingerprint density at radius 3 is 2.79 bits per heavy atom. The number of nitrogens with zero attached hydrogens (tertiary/aromatic N) is 1. The molecule has 14 heavy (non-hydrogen) atoms. The van der Waals surface area contributed by atoms with E-state index >= 15 is 0 Å². The molecule has 0 unspecified atom stereocenters. The second-order valence-corrected chi connectivity index (χ2v) is 2.89. The van der Waals surface area contributed by atoms with Crippen molar-refractivity contribution in [2.45, 2.75) is 26.7 Å². The number of carbonyl (C=O) groups excluding carboxylic acids is 2. The van der Waals surface area contributed by atoms with Crippen LogP contribution in [0.15, 0.2) is 10.8 Å². The summed E-state index contributed by atoms with van der Waals surface area (Å²) < 4.78 is 4.83. The minimum atomic E-state index is -0.529. The van der Waals surface area contributed by atoms with Gasteiger partial charge in [-0.05, 0) is 13.3 Å². The molecule has 0 spiro atoms. The summed E-state index contributed by atoms with van der Waals surface area (Å²) in [5.41, 5.74) is 0.479. The average molecular weight is 196 g/mol. The molecule has 76 valence electrons. The van der Waals surface area contributed by atoms with Gasteiger partial charge in [-0.2, -0.15) is 0 Å². The van der Waals surface area contributed by atoms with Crippen molar-refractivity contribution in [2.75, 3.05) is 0 Å². The molecule has 0 bridgehead atoms. The van der Waals surface area contributed by atoms with Crippen molar-refractivity contribution in [3.8, 4) is 0 Å². The number of carbonyl (C=O) groups is 2. The minimum Gasteiger partial charge on any atom is -0.438 e. The van der Waals surface area contributed by atoms with E-state index in [1.165, 1.54) is 6.39 Å². The van der Waals surface area contributed by atoms with Crippen LogP contribution in [0.4, 0.5) is 0 Å². The summed E-state index contributed by atoms with van der Waals surface area (Å²) in [5.74, 6) is -0.735. The highest BCUT2D eigenvalue weighted by atomic mass is 16.3. The Hall–Kier alpha value is -1.65. The summed E-state index contributed by atoms with van der Waals surface area (Å²) in [6, 6.07) is 0. The molecule has 0 aromatic carbocycles. The van der Waals surface area contributed by atoms with Gasteiger partial charge in [0.25, 0.3) is 5.91 Å². The van der Waals surface area contributed by atoms with Crippen LogP contribution in [0.25, 0.3) is 0 Å². The molecular formula is C9H12N2O3. The number of aryl methyl sites for hydroxylation is 1. The quantitative estimate of drug-likeness (QED) is 0.783. The summed E-state index contributed by atoms with van der Waals surface area (Å²) in [4.78, 5) is 26.2. The van der Waals surface area contributed by atoms with Crippen LogP contribution in [-0.2, 0) is 4.79 Å². The molecule has 0 saturated heterocycles. The Morgan fingerprint density at radius 2 is 2.29 bits per heavy atom. The van der Waals surface area contributed by atoms with Crippen molar-refractivity contribution < 1.29 is 14.0 Å². The molecule has 1 aromatic rings. The maximum atomic E-state index is 11.3. The number of nitrogens with one attached hydrogen (secondary N) is 1. The lowest BCUT2D eigenvalue weighted by atomic mass is 10.3. The van der Waals surface area contributed by atoms with Gasteiger partial charge in [0.15, 0.2) is 6.39 Å². The monoisotopic (exact) mass is 196 g/mol. The van der Waals surface area contributed by atoms with E-state index in [-0.39, 0.29) is 11.7 Å². The highest BCUT2D eigenvalue weighted by molar-refractivity contribution is 6.03. The molecule has 5 nitrogen and oxygen atoms in total. The van der Waals surface area contributed by atoms with Crippen molar-refractivity contribution >= 4 is 11.8 Å². The van der Waals surface area contributed by atoms with Gasteiger partial charge in [-0.15, -0.1) is 0 Å². The topological polar surface area (TPSA) is 72.2 Å². The zero-order valence-electron chi connectivity index (χ0n) is 8.16. The van der Waals surface area contributed by atoms with Crippen molar-refractivity contribution in [3.63, 3.8) is 0 Å². The number of aromatic nitrogens is 1. The summed E-state index contributed by atoms with van der Waals surface area (Å²) >= 11 is 0. The molecule has 0 radical (unpaired) electrons. The van der Waals surface area contributed by atoms with Crippen LogP contribution in [0.1, 0.15) is 36.0 Å². The normalized spacial score (nSPS) is 9.86. The van der Waals surface area contributed by atoms with Crippen molar-refractivity contribution in [2.24, 2.45) is 0 Å². The molecule has 2 amide bonds. The fourth-order valence-electron chi connectivity index (χ4n) is 0.993. The first-order valence-electron chi connectivity index (χ1n) is 4.39. The van der Waals surface area contributed by atoms with E-state index in [0.29, 0.717) is 18.5 Å². The summed E-state index contributed by atoms with van der Waals surface area (Å²) in [5, 5.41) is 2.21. The first-order chi connectivity index (χ1) is 6.65. The third-order valence-corrected chi connectivity index (χ3v) is 1.68. The van der Waals surface area contributed by atoms with Crippen molar-refractivity contribution in [1.29, 1.82) is 0 Å². The zero-order valence-corrected chi connectivity index (χ0v) is 8.16. The van der Waals surface area contributed by atoms with Gasteiger partial charge in [-0.25, -0.2) is 4.98 Å². The standard InChI is InChI=1S/C9H12N2O3/c1-3-4-7(12)11-9(13)8-6(2)10-5-14-8/h5H,3-4H2,1-2H3,(H,11,12,13). The van der Waals surface area contributed by atoms with E-state index in [4.69, 9.17) is 4.42 Å². The summed E-state index contributed by atoms with van der Waals surface area (Å²) in [7, 11) is 0. The summed E-state index contributed by atoms with van der Waals surface area (Å²) in [6.07, 6.45) is 2.21. The van der Waals surface area contributed by atoms with Gasteiger partial charge in [0, 0.05) is 6.42 Å². The van der Waals surface area contributed by atoms with Gasteiger partial charge < -0.3 is 4.42 Å². The lowest BCUT2D eigenvalue weighted by molar-refractivity contribution is -0.120. The first kappa shape index (κ1) is 10.4. The van der Waals surface area contributed by atoms with Gasteiger partial charge >= 0.3 is 0 Å². The van der Waals surface area contributed by atoms with E-state index in [2.05, 4.69) is 10.3 Å². The van der Waals surface area contributed by atoms with Crippen LogP contribution in [0.5, 0.6) is 0 Å². The maximum absolute atomic E-state index is 11.3. The van der Waals surface area contributed by atoms with Gasteiger partial charge in [0.05, 0.1) is 5.69 Å². The molecule has 0 aliphatic carbocycles. The minimum absolute atomic E-state index is 0.0921. The van der Waals surface area contributed by atoms with Crippen LogP contribution < -0.4 is 5.32 Å². The van der Waals surface area contributed by atoms with E-state index < -0.39 is 5.91 Å². The Morgan fingerprint density at radius 1 is 1.57 bits per heavy atom. The predicted molar refractivity (Wildman–Crippen MR) is 48.6 cm³/mol. The number of hydrogen-bond donors (Lipinski definition) is 1. The lowest BCUT2D eigenvalue weighted by Gasteiger charge is -1.99. The highest BCUT2D eigenvalue weighted by Crippen LogP contribution is 2.04. The second-order valence-electron chi connectivity index (χ2n) is 2.89. The Labute approximate surface area is 81.5 Å². The van der Waals surface area contributed by atoms with Gasteiger partial charge in [0.2, 0.25) is 11.7 Å². The predicted octanol–water partition coefficient (Wildman–Crippen LogP) is 1.04. The number of hydrogen-bond acceptors (Lipinski definition) is 4. The van der Waals surface area contributed by atoms with Gasteiger partial charge in [-0.3, -0.25) is 14.9 Å². The highest BCUT2D eigenvalue weighted by Gasteiger charge is 2.15. The molecule has 1 rings (SSSR count). The molecule has 1 heterocycles. The fraction of sp³-hybridized carbons (Fsp3) is 0.444. The molecule has 5 heteroatoms. The molecule has 0 saturated carbocycles. The zero-order chi connectivity index (χ0) is 10.6. The molecule has 0 fully saturated rings. The molecule has 1 aromatic heterocycles. The third kappa shape index (κ3) is 2.42. The van der Waals surface area contributed by atoms with Crippen LogP contribution in [0.3, 0.4) is 0 Å². The average Bonchev–Trinajstić information content (AvgIpc) is 2.51. The molecule has 1 N–H and O–H groups in total. The van der Waals surface area contributed by atoms with Crippen LogP contribution in [0.2, 0.25) is 0 Å². The van der Waals surface area contributed by atoms with E-state index in [1.54, 1.807) is 6.92 Å². The molecule has 0 aliphatic heterocycles.